The van der Waals surface area contributed by atoms with Gasteiger partial charge in [-0.3, -0.25) is 4.79 Å². The minimum atomic E-state index is -0.148. The average molecular weight is 394 g/mol. The average Bonchev–Trinajstić information content (AvgIpc) is 3.33. The lowest BCUT2D eigenvalue weighted by molar-refractivity contribution is 0.0946. The predicted octanol–water partition coefficient (Wildman–Crippen LogP) is 4.23. The van der Waals surface area contributed by atoms with Crippen LogP contribution in [0.1, 0.15) is 39.4 Å². The Kier molecular flexibility index (Phi) is 4.98. The van der Waals surface area contributed by atoms with E-state index in [1.807, 2.05) is 18.2 Å². The number of hydrogen-bond acceptors (Lipinski definition) is 6. The highest BCUT2D eigenvalue weighted by molar-refractivity contribution is 7.18. The van der Waals surface area contributed by atoms with E-state index >= 15 is 0 Å². The molecule has 1 aromatic carbocycles. The summed E-state index contributed by atoms with van der Waals surface area (Å²) in [5.41, 5.74) is 1.37. The van der Waals surface area contributed by atoms with Crippen molar-refractivity contribution in [3.8, 4) is 0 Å². The highest BCUT2D eigenvalue weighted by atomic mass is 35.5. The summed E-state index contributed by atoms with van der Waals surface area (Å²) in [6.07, 6.45) is 2.78. The Hall–Kier alpha value is -1.54. The van der Waals surface area contributed by atoms with E-state index in [0.717, 1.165) is 39.7 Å². The first kappa shape index (κ1) is 16.9. The Bertz CT molecular complexity index is 902. The number of carbonyl (C=O) groups excluding carboxylic acids is 1. The highest BCUT2D eigenvalue weighted by Gasteiger charge is 2.22. The molecule has 0 radical (unpaired) electrons. The number of nitrogens with zero attached hydrogens (tertiary/aromatic N) is 2. The zero-order valence-electron chi connectivity index (χ0n) is 13.3. The van der Waals surface area contributed by atoms with Crippen molar-refractivity contribution in [1.29, 1.82) is 0 Å². The van der Waals surface area contributed by atoms with E-state index in [9.17, 15) is 4.79 Å². The number of rotatable bonds is 5. The zero-order valence-corrected chi connectivity index (χ0v) is 15.7. The van der Waals surface area contributed by atoms with Gasteiger partial charge < -0.3 is 10.1 Å². The summed E-state index contributed by atoms with van der Waals surface area (Å²) in [5, 5.41) is 7.27. The van der Waals surface area contributed by atoms with Crippen LogP contribution in [0.2, 0.25) is 5.02 Å². The van der Waals surface area contributed by atoms with Crippen LogP contribution >= 0.6 is 34.3 Å². The molecule has 0 saturated carbocycles. The molecule has 130 valence electrons. The molecule has 1 saturated heterocycles. The minimum absolute atomic E-state index is 0.0566. The maximum atomic E-state index is 12.2. The maximum absolute atomic E-state index is 12.2. The minimum Gasteiger partial charge on any atom is -0.371 e. The Morgan fingerprint density at radius 1 is 1.40 bits per heavy atom. The van der Waals surface area contributed by atoms with Crippen molar-refractivity contribution in [2.75, 3.05) is 13.2 Å². The second-order valence-electron chi connectivity index (χ2n) is 5.80. The number of amides is 1. The van der Waals surface area contributed by atoms with Gasteiger partial charge in [-0.2, -0.15) is 0 Å². The van der Waals surface area contributed by atoms with Crippen molar-refractivity contribution in [2.24, 2.45) is 0 Å². The predicted molar refractivity (Wildman–Crippen MR) is 101 cm³/mol. The second-order valence-corrected chi connectivity index (χ2v) is 8.24. The molecule has 0 spiro atoms. The molecule has 1 fully saturated rings. The van der Waals surface area contributed by atoms with Crippen molar-refractivity contribution in [3.63, 3.8) is 0 Å². The fraction of sp³-hybridized carbons (Fsp3) is 0.353. The van der Waals surface area contributed by atoms with E-state index < -0.39 is 0 Å². The van der Waals surface area contributed by atoms with Gasteiger partial charge in [0.1, 0.15) is 16.8 Å². The molecule has 25 heavy (non-hydrogen) atoms. The van der Waals surface area contributed by atoms with Gasteiger partial charge in [0.15, 0.2) is 0 Å². The van der Waals surface area contributed by atoms with Gasteiger partial charge in [0.2, 0.25) is 0 Å². The van der Waals surface area contributed by atoms with E-state index in [0.29, 0.717) is 23.7 Å². The number of ether oxygens (including phenoxy) is 1. The van der Waals surface area contributed by atoms with Crippen LogP contribution in [0.4, 0.5) is 0 Å². The number of nitrogens with one attached hydrogen (secondary N) is 1. The van der Waals surface area contributed by atoms with Crippen molar-refractivity contribution < 1.29 is 9.53 Å². The SMILES string of the molecule is O=C(NCCc1nc2cc(Cl)ccc2s1)c1csc(C2CCCO2)n1. The van der Waals surface area contributed by atoms with Gasteiger partial charge in [-0.1, -0.05) is 11.6 Å². The Labute approximate surface area is 158 Å². The van der Waals surface area contributed by atoms with E-state index in [2.05, 4.69) is 15.3 Å². The number of carbonyl (C=O) groups is 1. The monoisotopic (exact) mass is 393 g/mol. The van der Waals surface area contributed by atoms with Gasteiger partial charge in [0, 0.05) is 30.0 Å². The quantitative estimate of drug-likeness (QED) is 0.704. The van der Waals surface area contributed by atoms with E-state index in [1.165, 1.54) is 11.3 Å². The first-order chi connectivity index (χ1) is 12.2. The summed E-state index contributed by atoms with van der Waals surface area (Å²) in [6, 6.07) is 5.69. The lowest BCUT2D eigenvalue weighted by Gasteiger charge is -2.04. The van der Waals surface area contributed by atoms with E-state index in [1.54, 1.807) is 16.7 Å². The van der Waals surface area contributed by atoms with Gasteiger partial charge in [-0.25, -0.2) is 9.97 Å². The molecule has 1 atom stereocenters. The highest BCUT2D eigenvalue weighted by Crippen LogP contribution is 2.30. The molecule has 3 heterocycles. The van der Waals surface area contributed by atoms with Crippen molar-refractivity contribution in [3.05, 3.63) is 44.3 Å². The molecule has 4 rings (SSSR count). The van der Waals surface area contributed by atoms with Crippen molar-refractivity contribution >= 4 is 50.4 Å². The largest absolute Gasteiger partial charge is 0.371 e. The molecular weight excluding hydrogens is 378 g/mol. The third-order valence-electron chi connectivity index (χ3n) is 3.98. The normalized spacial score (nSPS) is 17.2. The first-order valence-electron chi connectivity index (χ1n) is 8.09. The third kappa shape index (κ3) is 3.84. The van der Waals surface area contributed by atoms with Gasteiger partial charge >= 0.3 is 0 Å². The summed E-state index contributed by atoms with van der Waals surface area (Å²) in [6.45, 7) is 1.30. The molecular formula is C17H16ClN3O2S2. The lowest BCUT2D eigenvalue weighted by atomic mass is 10.2. The molecule has 1 unspecified atom stereocenters. The molecule has 0 bridgehead atoms. The standard InChI is InChI=1S/C17H16ClN3O2S2/c18-10-3-4-14-11(8-10)20-15(25-14)5-6-19-16(22)12-9-24-17(21-12)13-2-1-7-23-13/h3-4,8-9,13H,1-2,5-7H2,(H,19,22). The molecule has 1 aliphatic rings. The van der Waals surface area contributed by atoms with Crippen molar-refractivity contribution in [1.82, 2.24) is 15.3 Å². The fourth-order valence-corrected chi connectivity index (χ4v) is 4.74. The molecule has 2 aromatic heterocycles. The third-order valence-corrected chi connectivity index (χ3v) is 6.25. The fourth-order valence-electron chi connectivity index (χ4n) is 2.74. The summed E-state index contributed by atoms with van der Waals surface area (Å²) in [5.74, 6) is -0.148. The van der Waals surface area contributed by atoms with Crippen LogP contribution in [0.3, 0.4) is 0 Å². The first-order valence-corrected chi connectivity index (χ1v) is 10.2. The molecule has 5 nitrogen and oxygen atoms in total. The van der Waals surface area contributed by atoms with Crippen LogP contribution < -0.4 is 5.32 Å². The van der Waals surface area contributed by atoms with Crippen molar-refractivity contribution in [2.45, 2.75) is 25.4 Å². The smallest absolute Gasteiger partial charge is 0.270 e. The Morgan fingerprint density at radius 2 is 2.32 bits per heavy atom. The molecule has 1 N–H and O–H groups in total. The molecule has 1 aliphatic heterocycles. The second kappa shape index (κ2) is 7.37. The molecule has 0 aliphatic carbocycles. The van der Waals surface area contributed by atoms with Crippen LogP contribution in [-0.2, 0) is 11.2 Å². The Morgan fingerprint density at radius 3 is 3.16 bits per heavy atom. The summed E-state index contributed by atoms with van der Waals surface area (Å²) in [4.78, 5) is 21.2. The van der Waals surface area contributed by atoms with Gasteiger partial charge in [-0.15, -0.1) is 22.7 Å². The van der Waals surface area contributed by atoms with Gasteiger partial charge in [0.25, 0.3) is 5.91 Å². The molecule has 8 heteroatoms. The summed E-state index contributed by atoms with van der Waals surface area (Å²) in [7, 11) is 0. The molecule has 1 amide bonds. The van der Waals surface area contributed by atoms with Crippen LogP contribution in [0, 0.1) is 0 Å². The summed E-state index contributed by atoms with van der Waals surface area (Å²) < 4.78 is 6.71. The number of halogens is 1. The number of fused-ring (bicyclic) bond motifs is 1. The van der Waals surface area contributed by atoms with Crippen LogP contribution in [0.5, 0.6) is 0 Å². The van der Waals surface area contributed by atoms with Crippen LogP contribution in [0.25, 0.3) is 10.2 Å². The van der Waals surface area contributed by atoms with Crippen LogP contribution in [0.15, 0.2) is 23.6 Å². The number of thiazole rings is 2. The molecule has 3 aromatic rings. The zero-order chi connectivity index (χ0) is 17.2. The lowest BCUT2D eigenvalue weighted by Crippen LogP contribution is -2.26. The van der Waals surface area contributed by atoms with Gasteiger partial charge in [0.05, 0.1) is 15.2 Å². The van der Waals surface area contributed by atoms with Gasteiger partial charge in [-0.05, 0) is 31.0 Å². The number of hydrogen-bond donors (Lipinski definition) is 1. The van der Waals surface area contributed by atoms with Crippen LogP contribution in [-0.4, -0.2) is 29.0 Å². The summed E-state index contributed by atoms with van der Waals surface area (Å²) >= 11 is 9.10. The Balaban J connectivity index is 1.33. The number of aromatic nitrogens is 2. The van der Waals surface area contributed by atoms with E-state index in [4.69, 9.17) is 16.3 Å². The maximum Gasteiger partial charge on any atom is 0.270 e. The van der Waals surface area contributed by atoms with E-state index in [-0.39, 0.29) is 12.0 Å². The topological polar surface area (TPSA) is 64.1 Å². The number of benzene rings is 1.